The Morgan fingerprint density at radius 1 is 0.950 bits per heavy atom. The molecule has 0 amide bonds. The van der Waals surface area contributed by atoms with Crippen molar-refractivity contribution in [2.24, 2.45) is 5.92 Å². The van der Waals surface area contributed by atoms with Crippen LogP contribution in [0.5, 0.6) is 0 Å². The van der Waals surface area contributed by atoms with Crippen LogP contribution in [0.25, 0.3) is 0 Å². The molecule has 0 aromatic rings. The Labute approximate surface area is 125 Å². The largest absolute Gasteiger partial charge is 0.317 e. The van der Waals surface area contributed by atoms with Gasteiger partial charge in [0, 0.05) is 18.6 Å². The first-order valence-corrected chi connectivity index (χ1v) is 9.00. The van der Waals surface area contributed by atoms with Crippen molar-refractivity contribution in [3.8, 4) is 0 Å². The van der Waals surface area contributed by atoms with Crippen LogP contribution in [0.1, 0.15) is 51.4 Å². The highest BCUT2D eigenvalue weighted by Crippen LogP contribution is 2.29. The van der Waals surface area contributed by atoms with Gasteiger partial charge < -0.3 is 10.2 Å². The predicted molar refractivity (Wildman–Crippen MR) is 85.1 cm³/mol. The van der Waals surface area contributed by atoms with Crippen LogP contribution in [0, 0.1) is 5.92 Å². The summed E-state index contributed by atoms with van der Waals surface area (Å²) in [6.45, 7) is 6.76. The fourth-order valence-corrected chi connectivity index (χ4v) is 4.71. The summed E-state index contributed by atoms with van der Waals surface area (Å²) in [5, 5.41) is 3.52. The van der Waals surface area contributed by atoms with Crippen molar-refractivity contribution in [2.45, 2.75) is 63.5 Å². The van der Waals surface area contributed by atoms with Gasteiger partial charge in [-0.15, -0.1) is 0 Å². The van der Waals surface area contributed by atoms with Gasteiger partial charge in [-0.05, 0) is 77.7 Å². The second-order valence-electron chi connectivity index (χ2n) is 7.21. The van der Waals surface area contributed by atoms with Gasteiger partial charge in [0.1, 0.15) is 0 Å². The lowest BCUT2D eigenvalue weighted by Gasteiger charge is -2.32. The van der Waals surface area contributed by atoms with Gasteiger partial charge in [0.15, 0.2) is 0 Å². The third kappa shape index (κ3) is 3.55. The van der Waals surface area contributed by atoms with Crippen LogP contribution < -0.4 is 5.32 Å². The first-order valence-electron chi connectivity index (χ1n) is 9.00. The van der Waals surface area contributed by atoms with E-state index in [2.05, 4.69) is 22.2 Å². The summed E-state index contributed by atoms with van der Waals surface area (Å²) in [4.78, 5) is 5.51. The molecule has 0 spiro atoms. The standard InChI is InChI=1S/C17H33N3/c1-18-17-7-5-6-15(17)8-12-19-13-9-16(14-19)20-10-3-2-4-11-20/h15-18H,2-14H2,1H3. The van der Waals surface area contributed by atoms with E-state index in [9.17, 15) is 0 Å². The zero-order valence-corrected chi connectivity index (χ0v) is 13.3. The predicted octanol–water partition coefficient (Wildman–Crippen LogP) is 2.32. The Balaban J connectivity index is 1.39. The van der Waals surface area contributed by atoms with Gasteiger partial charge in [0.05, 0.1) is 0 Å². The van der Waals surface area contributed by atoms with Crippen molar-refractivity contribution < 1.29 is 0 Å². The lowest BCUT2D eigenvalue weighted by molar-refractivity contribution is 0.160. The van der Waals surface area contributed by atoms with E-state index >= 15 is 0 Å². The molecule has 3 rings (SSSR count). The molecular weight excluding hydrogens is 246 g/mol. The van der Waals surface area contributed by atoms with Crippen molar-refractivity contribution in [1.29, 1.82) is 0 Å². The zero-order valence-electron chi connectivity index (χ0n) is 13.3. The van der Waals surface area contributed by atoms with Crippen LogP contribution in [0.3, 0.4) is 0 Å². The van der Waals surface area contributed by atoms with Crippen LogP contribution in [-0.2, 0) is 0 Å². The maximum absolute atomic E-state index is 3.52. The fourth-order valence-electron chi connectivity index (χ4n) is 4.71. The van der Waals surface area contributed by atoms with E-state index in [1.807, 2.05) is 0 Å². The smallest absolute Gasteiger partial charge is 0.0235 e. The van der Waals surface area contributed by atoms with E-state index in [0.29, 0.717) is 0 Å². The summed E-state index contributed by atoms with van der Waals surface area (Å²) in [5.74, 6) is 0.939. The minimum atomic E-state index is 0.801. The van der Waals surface area contributed by atoms with E-state index in [1.165, 1.54) is 84.1 Å². The monoisotopic (exact) mass is 279 g/mol. The minimum Gasteiger partial charge on any atom is -0.317 e. The molecule has 0 aromatic carbocycles. The van der Waals surface area contributed by atoms with Crippen molar-refractivity contribution in [3.05, 3.63) is 0 Å². The molecule has 3 nitrogen and oxygen atoms in total. The summed E-state index contributed by atoms with van der Waals surface area (Å²) in [5.41, 5.74) is 0. The highest BCUT2D eigenvalue weighted by Gasteiger charge is 2.30. The Hall–Kier alpha value is -0.120. The van der Waals surface area contributed by atoms with Gasteiger partial charge in [-0.25, -0.2) is 0 Å². The zero-order chi connectivity index (χ0) is 13.8. The molecule has 2 saturated heterocycles. The maximum Gasteiger partial charge on any atom is 0.0235 e. The van der Waals surface area contributed by atoms with Gasteiger partial charge >= 0.3 is 0 Å². The Morgan fingerprint density at radius 2 is 1.80 bits per heavy atom. The summed E-state index contributed by atoms with van der Waals surface area (Å²) >= 11 is 0. The third-order valence-corrected chi connectivity index (χ3v) is 6.00. The van der Waals surface area contributed by atoms with Crippen LogP contribution in [0.2, 0.25) is 0 Å². The molecule has 0 aromatic heterocycles. The number of piperidine rings is 1. The molecular formula is C17H33N3. The van der Waals surface area contributed by atoms with Gasteiger partial charge in [-0.1, -0.05) is 12.8 Å². The number of rotatable bonds is 5. The molecule has 3 unspecified atom stereocenters. The van der Waals surface area contributed by atoms with Crippen molar-refractivity contribution in [3.63, 3.8) is 0 Å². The molecule has 1 aliphatic carbocycles. The molecule has 1 saturated carbocycles. The summed E-state index contributed by atoms with van der Waals surface area (Å²) in [6.07, 6.45) is 11.4. The van der Waals surface area contributed by atoms with E-state index < -0.39 is 0 Å². The highest BCUT2D eigenvalue weighted by atomic mass is 15.3. The normalized spacial score (nSPS) is 36.8. The lowest BCUT2D eigenvalue weighted by atomic mass is 9.99. The highest BCUT2D eigenvalue weighted by molar-refractivity contribution is 4.87. The van der Waals surface area contributed by atoms with Crippen LogP contribution >= 0.6 is 0 Å². The molecule has 3 fully saturated rings. The molecule has 3 aliphatic rings. The lowest BCUT2D eigenvalue weighted by Crippen LogP contribution is -2.41. The molecule has 2 heterocycles. The SMILES string of the molecule is CNC1CCCC1CCN1CCC(N2CCCCC2)C1. The Kier molecular flexibility index (Phi) is 5.36. The number of hydrogen-bond donors (Lipinski definition) is 1. The van der Waals surface area contributed by atoms with Crippen LogP contribution in [0.15, 0.2) is 0 Å². The maximum atomic E-state index is 3.52. The molecule has 3 atom stereocenters. The van der Waals surface area contributed by atoms with E-state index in [4.69, 9.17) is 0 Å². The van der Waals surface area contributed by atoms with E-state index in [1.54, 1.807) is 0 Å². The average Bonchev–Trinajstić information content (AvgIpc) is 3.15. The molecule has 1 N–H and O–H groups in total. The second kappa shape index (κ2) is 7.24. The van der Waals surface area contributed by atoms with Crippen molar-refractivity contribution >= 4 is 0 Å². The van der Waals surface area contributed by atoms with E-state index in [0.717, 1.165) is 18.0 Å². The van der Waals surface area contributed by atoms with E-state index in [-0.39, 0.29) is 0 Å². The molecule has 0 bridgehead atoms. The van der Waals surface area contributed by atoms with Crippen LogP contribution in [0.4, 0.5) is 0 Å². The topological polar surface area (TPSA) is 18.5 Å². The quantitative estimate of drug-likeness (QED) is 0.833. The third-order valence-electron chi connectivity index (χ3n) is 6.00. The van der Waals surface area contributed by atoms with Crippen LogP contribution in [-0.4, -0.2) is 61.7 Å². The van der Waals surface area contributed by atoms with Crippen molar-refractivity contribution in [2.75, 3.05) is 39.8 Å². The van der Waals surface area contributed by atoms with Crippen molar-refractivity contribution in [1.82, 2.24) is 15.1 Å². The van der Waals surface area contributed by atoms with Gasteiger partial charge in [-0.3, -0.25) is 4.90 Å². The van der Waals surface area contributed by atoms with Gasteiger partial charge in [-0.2, -0.15) is 0 Å². The second-order valence-corrected chi connectivity index (χ2v) is 7.21. The molecule has 20 heavy (non-hydrogen) atoms. The Bertz CT molecular complexity index is 288. The summed E-state index contributed by atoms with van der Waals surface area (Å²) in [6, 6.07) is 1.68. The fraction of sp³-hybridized carbons (Fsp3) is 1.00. The number of likely N-dealkylation sites (tertiary alicyclic amines) is 2. The summed E-state index contributed by atoms with van der Waals surface area (Å²) < 4.78 is 0. The van der Waals surface area contributed by atoms with Gasteiger partial charge in [0.2, 0.25) is 0 Å². The number of hydrogen-bond acceptors (Lipinski definition) is 3. The Morgan fingerprint density at radius 3 is 2.60 bits per heavy atom. The minimum absolute atomic E-state index is 0.801. The first kappa shape index (κ1) is 14.8. The number of nitrogens with zero attached hydrogens (tertiary/aromatic N) is 2. The van der Waals surface area contributed by atoms with Gasteiger partial charge in [0.25, 0.3) is 0 Å². The molecule has 3 heteroatoms. The number of nitrogens with one attached hydrogen (secondary N) is 1. The molecule has 0 radical (unpaired) electrons. The molecule has 2 aliphatic heterocycles. The first-order chi connectivity index (χ1) is 9.86. The summed E-state index contributed by atoms with van der Waals surface area (Å²) in [7, 11) is 2.14. The average molecular weight is 279 g/mol. The molecule has 116 valence electrons.